The molecule has 144 valence electrons. The molecule has 1 aromatic carbocycles. The third kappa shape index (κ3) is 4.54. The monoisotopic (exact) mass is 383 g/mol. The van der Waals surface area contributed by atoms with E-state index in [2.05, 4.69) is 5.32 Å². The number of piperidine rings is 1. The molecule has 2 aliphatic heterocycles. The van der Waals surface area contributed by atoms with Crippen molar-refractivity contribution in [3.63, 3.8) is 0 Å². The summed E-state index contributed by atoms with van der Waals surface area (Å²) in [7, 11) is 1.91. The highest BCUT2D eigenvalue weighted by Gasteiger charge is 2.35. The molecule has 0 aromatic heterocycles. The van der Waals surface area contributed by atoms with Gasteiger partial charge in [-0.2, -0.15) is 0 Å². The first-order valence-corrected chi connectivity index (χ1v) is 9.10. The summed E-state index contributed by atoms with van der Waals surface area (Å²) >= 11 is 0. The second-order valence-electron chi connectivity index (χ2n) is 6.98. The fourth-order valence-electron chi connectivity index (χ4n) is 3.95. The Morgan fingerprint density at radius 1 is 1.15 bits per heavy atom. The first kappa shape index (κ1) is 20.6. The molecule has 2 fully saturated rings. The van der Waals surface area contributed by atoms with Crippen molar-refractivity contribution in [2.45, 2.75) is 31.7 Å². The van der Waals surface area contributed by atoms with Gasteiger partial charge in [0.25, 0.3) is 5.91 Å². The predicted molar refractivity (Wildman–Crippen MR) is 101 cm³/mol. The van der Waals surface area contributed by atoms with E-state index in [1.54, 1.807) is 4.90 Å². The lowest BCUT2D eigenvalue weighted by Crippen LogP contribution is -2.49. The first-order chi connectivity index (χ1) is 12.1. The molecule has 3 rings (SSSR count). The number of nitrogens with zero attached hydrogens (tertiary/aromatic N) is 2. The van der Waals surface area contributed by atoms with E-state index in [-0.39, 0.29) is 42.0 Å². The quantitative estimate of drug-likeness (QED) is 0.868. The van der Waals surface area contributed by atoms with Crippen molar-refractivity contribution < 1.29 is 14.0 Å². The molecule has 0 spiro atoms. The number of amides is 2. The van der Waals surface area contributed by atoms with Crippen molar-refractivity contribution in [3.05, 3.63) is 35.6 Å². The Hall–Kier alpha value is -1.66. The lowest BCUT2D eigenvalue weighted by Gasteiger charge is -2.35. The van der Waals surface area contributed by atoms with E-state index in [1.807, 2.05) is 11.9 Å². The minimum absolute atomic E-state index is 0. The molecule has 2 atom stereocenters. The molecule has 2 amide bonds. The zero-order valence-electron chi connectivity index (χ0n) is 15.1. The molecule has 1 aromatic rings. The predicted octanol–water partition coefficient (Wildman–Crippen LogP) is 2.31. The van der Waals surface area contributed by atoms with Gasteiger partial charge in [-0.1, -0.05) is 0 Å². The lowest BCUT2D eigenvalue weighted by molar-refractivity contribution is -0.137. The summed E-state index contributed by atoms with van der Waals surface area (Å²) in [5.41, 5.74) is 0.476. The van der Waals surface area contributed by atoms with Gasteiger partial charge in [-0.05, 0) is 57.0 Å². The maximum Gasteiger partial charge on any atom is 0.253 e. The van der Waals surface area contributed by atoms with E-state index >= 15 is 0 Å². The molecule has 2 heterocycles. The smallest absolute Gasteiger partial charge is 0.253 e. The average molecular weight is 384 g/mol. The number of likely N-dealkylation sites (N-methyl/N-ethyl adjacent to an activating group) is 1. The molecule has 0 aliphatic carbocycles. The molecule has 2 unspecified atom stereocenters. The van der Waals surface area contributed by atoms with Gasteiger partial charge in [0.2, 0.25) is 5.91 Å². The Labute approximate surface area is 160 Å². The van der Waals surface area contributed by atoms with E-state index in [4.69, 9.17) is 0 Å². The van der Waals surface area contributed by atoms with Crippen LogP contribution in [-0.4, -0.2) is 60.9 Å². The van der Waals surface area contributed by atoms with Crippen molar-refractivity contribution in [1.82, 2.24) is 15.1 Å². The molecule has 2 saturated heterocycles. The average Bonchev–Trinajstić information content (AvgIpc) is 3.10. The Morgan fingerprint density at radius 3 is 2.54 bits per heavy atom. The van der Waals surface area contributed by atoms with E-state index < -0.39 is 0 Å². The third-order valence-electron chi connectivity index (χ3n) is 5.25. The summed E-state index contributed by atoms with van der Waals surface area (Å²) in [6.45, 7) is 2.74. The van der Waals surface area contributed by atoms with E-state index in [0.717, 1.165) is 38.8 Å². The van der Waals surface area contributed by atoms with Crippen molar-refractivity contribution in [1.29, 1.82) is 0 Å². The lowest BCUT2D eigenvalue weighted by atomic mass is 9.95. The van der Waals surface area contributed by atoms with Crippen LogP contribution in [0.4, 0.5) is 4.39 Å². The maximum absolute atomic E-state index is 13.1. The van der Waals surface area contributed by atoms with Crippen LogP contribution >= 0.6 is 12.4 Å². The van der Waals surface area contributed by atoms with E-state index in [0.29, 0.717) is 18.7 Å². The second-order valence-corrected chi connectivity index (χ2v) is 6.98. The third-order valence-corrected chi connectivity index (χ3v) is 5.25. The molecular formula is C19H27ClFN3O2. The van der Waals surface area contributed by atoms with Crippen LogP contribution in [0.1, 0.15) is 36.0 Å². The van der Waals surface area contributed by atoms with Gasteiger partial charge >= 0.3 is 0 Å². The van der Waals surface area contributed by atoms with Crippen LogP contribution < -0.4 is 5.32 Å². The van der Waals surface area contributed by atoms with Crippen LogP contribution in [0.25, 0.3) is 0 Å². The van der Waals surface area contributed by atoms with Gasteiger partial charge in [-0.3, -0.25) is 9.59 Å². The summed E-state index contributed by atoms with van der Waals surface area (Å²) in [4.78, 5) is 29.3. The summed E-state index contributed by atoms with van der Waals surface area (Å²) in [6.07, 6.45) is 3.74. The molecule has 0 radical (unpaired) electrons. The maximum atomic E-state index is 13.1. The van der Waals surface area contributed by atoms with E-state index in [9.17, 15) is 14.0 Å². The largest absolute Gasteiger partial charge is 0.338 e. The van der Waals surface area contributed by atoms with E-state index in [1.165, 1.54) is 24.3 Å². The Balaban J connectivity index is 0.00000243. The molecule has 5 nitrogen and oxygen atoms in total. The molecule has 0 saturated carbocycles. The van der Waals surface area contributed by atoms with Gasteiger partial charge < -0.3 is 15.1 Å². The van der Waals surface area contributed by atoms with Crippen LogP contribution in [0.15, 0.2) is 24.3 Å². The minimum Gasteiger partial charge on any atom is -0.338 e. The fourth-order valence-corrected chi connectivity index (χ4v) is 3.95. The van der Waals surface area contributed by atoms with Crippen LogP contribution in [0.5, 0.6) is 0 Å². The van der Waals surface area contributed by atoms with Crippen molar-refractivity contribution in [3.8, 4) is 0 Å². The summed E-state index contributed by atoms with van der Waals surface area (Å²) in [5.74, 6) is -0.427. The van der Waals surface area contributed by atoms with Gasteiger partial charge in [-0.25, -0.2) is 4.39 Å². The SMILES string of the molecule is CNCC1CCCN1C(=O)C1CCCN(C(=O)c2ccc(F)cc2)C1.Cl. The van der Waals surface area contributed by atoms with Gasteiger partial charge in [-0.15, -0.1) is 12.4 Å². The highest BCUT2D eigenvalue weighted by molar-refractivity contribution is 5.94. The van der Waals surface area contributed by atoms with Crippen LogP contribution in [0.2, 0.25) is 0 Å². The number of carbonyl (C=O) groups excluding carboxylic acids is 2. The van der Waals surface area contributed by atoms with Gasteiger partial charge in [0, 0.05) is 37.8 Å². The molecule has 1 N–H and O–H groups in total. The number of hydrogen-bond donors (Lipinski definition) is 1. The highest BCUT2D eigenvalue weighted by Crippen LogP contribution is 2.25. The van der Waals surface area contributed by atoms with Gasteiger partial charge in [0.1, 0.15) is 5.82 Å². The molecule has 7 heteroatoms. The normalized spacial score (nSPS) is 22.8. The molecular weight excluding hydrogens is 357 g/mol. The van der Waals surface area contributed by atoms with Crippen LogP contribution in [0.3, 0.4) is 0 Å². The minimum atomic E-state index is -0.354. The summed E-state index contributed by atoms with van der Waals surface area (Å²) < 4.78 is 13.1. The second kappa shape index (κ2) is 9.33. The number of likely N-dealkylation sites (tertiary alicyclic amines) is 2. The molecule has 2 aliphatic rings. The standard InChI is InChI=1S/C19H26FN3O2.ClH/c1-21-12-17-5-3-11-23(17)19(25)15-4-2-10-22(13-15)18(24)14-6-8-16(20)9-7-14;/h6-9,15,17,21H,2-5,10-13H2,1H3;1H. The number of halogens is 2. The van der Waals surface area contributed by atoms with Gasteiger partial charge in [0.05, 0.1) is 5.92 Å². The number of carbonyl (C=O) groups is 2. The topological polar surface area (TPSA) is 52.7 Å². The first-order valence-electron chi connectivity index (χ1n) is 9.10. The molecule has 26 heavy (non-hydrogen) atoms. The number of nitrogens with one attached hydrogen (secondary N) is 1. The van der Waals surface area contributed by atoms with Crippen LogP contribution in [-0.2, 0) is 4.79 Å². The number of benzene rings is 1. The van der Waals surface area contributed by atoms with Crippen molar-refractivity contribution in [2.24, 2.45) is 5.92 Å². The molecule has 0 bridgehead atoms. The van der Waals surface area contributed by atoms with Crippen molar-refractivity contribution >= 4 is 24.2 Å². The zero-order chi connectivity index (χ0) is 17.8. The highest BCUT2D eigenvalue weighted by atomic mass is 35.5. The summed E-state index contributed by atoms with van der Waals surface area (Å²) in [5, 5.41) is 3.16. The Morgan fingerprint density at radius 2 is 1.85 bits per heavy atom. The van der Waals surface area contributed by atoms with Crippen molar-refractivity contribution in [2.75, 3.05) is 33.2 Å². The Bertz CT molecular complexity index is 626. The fraction of sp³-hybridized carbons (Fsp3) is 0.579. The number of hydrogen-bond acceptors (Lipinski definition) is 3. The van der Waals surface area contributed by atoms with Crippen LogP contribution in [0, 0.1) is 11.7 Å². The summed E-state index contributed by atoms with van der Waals surface area (Å²) in [6, 6.07) is 5.87. The van der Waals surface area contributed by atoms with Gasteiger partial charge in [0.15, 0.2) is 0 Å². The number of rotatable bonds is 4. The zero-order valence-corrected chi connectivity index (χ0v) is 15.9. The Kier molecular flexibility index (Phi) is 7.41.